The summed E-state index contributed by atoms with van der Waals surface area (Å²) in [6.45, 7) is 8.17. The molecule has 0 saturated carbocycles. The van der Waals surface area contributed by atoms with Gasteiger partial charge in [-0.3, -0.25) is 4.90 Å². The third kappa shape index (κ3) is 3.48. The number of benzene rings is 1. The van der Waals surface area contributed by atoms with Crippen molar-refractivity contribution < 1.29 is 4.74 Å². The number of ether oxygens (including phenoxy) is 1. The van der Waals surface area contributed by atoms with E-state index in [1.54, 1.807) is 7.11 Å². The number of likely N-dealkylation sites (tertiary alicyclic amines) is 1. The number of nitrogens with zero attached hydrogens (tertiary/aromatic N) is 1. The van der Waals surface area contributed by atoms with Crippen LogP contribution in [0.15, 0.2) is 22.7 Å². The smallest absolute Gasteiger partial charge is 0.133 e. The third-order valence-corrected chi connectivity index (χ3v) is 4.22. The second-order valence-electron chi connectivity index (χ2n) is 5.95. The molecular formula is C15H22BrNO. The minimum atomic E-state index is 0.460. The van der Waals surface area contributed by atoms with Crippen molar-refractivity contribution in [1.82, 2.24) is 4.90 Å². The first-order valence-corrected chi connectivity index (χ1v) is 7.34. The van der Waals surface area contributed by atoms with Crippen LogP contribution in [-0.2, 0) is 6.54 Å². The Kier molecular flexibility index (Phi) is 4.33. The lowest BCUT2D eigenvalue weighted by Gasteiger charge is -2.38. The Balaban J connectivity index is 2.03. The zero-order chi connectivity index (χ0) is 13.2. The Morgan fingerprint density at radius 3 is 2.78 bits per heavy atom. The summed E-state index contributed by atoms with van der Waals surface area (Å²) in [4.78, 5) is 2.55. The van der Waals surface area contributed by atoms with Crippen LogP contribution in [-0.4, -0.2) is 25.1 Å². The molecule has 0 amide bonds. The first-order valence-electron chi connectivity index (χ1n) is 6.55. The fourth-order valence-electron chi connectivity index (χ4n) is 2.75. The Bertz CT molecular complexity index is 417. The molecule has 0 atom stereocenters. The summed E-state index contributed by atoms with van der Waals surface area (Å²) in [6, 6.07) is 6.36. The average molecular weight is 312 g/mol. The van der Waals surface area contributed by atoms with Gasteiger partial charge in [0.05, 0.1) is 11.6 Å². The molecule has 0 unspecified atom stereocenters. The molecule has 1 aliphatic heterocycles. The summed E-state index contributed by atoms with van der Waals surface area (Å²) in [7, 11) is 1.70. The maximum atomic E-state index is 5.26. The summed E-state index contributed by atoms with van der Waals surface area (Å²) in [6.07, 6.45) is 2.65. The fourth-order valence-corrected chi connectivity index (χ4v) is 3.33. The van der Waals surface area contributed by atoms with Gasteiger partial charge >= 0.3 is 0 Å². The van der Waals surface area contributed by atoms with Gasteiger partial charge < -0.3 is 4.74 Å². The number of piperidine rings is 1. The van der Waals surface area contributed by atoms with Crippen LogP contribution in [0, 0.1) is 5.41 Å². The van der Waals surface area contributed by atoms with Crippen molar-refractivity contribution in [3.8, 4) is 5.75 Å². The van der Waals surface area contributed by atoms with E-state index in [0.717, 1.165) is 16.8 Å². The number of halogens is 1. The molecule has 1 fully saturated rings. The average Bonchev–Trinajstić information content (AvgIpc) is 2.28. The largest absolute Gasteiger partial charge is 0.496 e. The van der Waals surface area contributed by atoms with Crippen molar-refractivity contribution in [2.75, 3.05) is 20.2 Å². The van der Waals surface area contributed by atoms with Crippen LogP contribution < -0.4 is 4.74 Å². The predicted octanol–water partition coefficient (Wildman–Crippen LogP) is 4.08. The summed E-state index contributed by atoms with van der Waals surface area (Å²) < 4.78 is 6.30. The van der Waals surface area contributed by atoms with Gasteiger partial charge in [0.1, 0.15) is 5.75 Å². The lowest BCUT2D eigenvalue weighted by Crippen LogP contribution is -2.39. The van der Waals surface area contributed by atoms with Crippen molar-refractivity contribution in [1.29, 1.82) is 0 Å². The molecule has 0 N–H and O–H groups in total. The molecule has 2 rings (SSSR count). The van der Waals surface area contributed by atoms with Gasteiger partial charge in [0.2, 0.25) is 0 Å². The summed E-state index contributed by atoms with van der Waals surface area (Å²) in [5.74, 6) is 0.901. The maximum absolute atomic E-state index is 5.26. The SMILES string of the molecule is COc1ccc(CN2CCCC(C)(C)C2)cc1Br. The number of hydrogen-bond acceptors (Lipinski definition) is 2. The highest BCUT2D eigenvalue weighted by molar-refractivity contribution is 9.10. The predicted molar refractivity (Wildman–Crippen MR) is 79.0 cm³/mol. The first kappa shape index (κ1) is 13.9. The molecule has 1 aliphatic rings. The quantitative estimate of drug-likeness (QED) is 0.834. The monoisotopic (exact) mass is 311 g/mol. The van der Waals surface area contributed by atoms with E-state index in [1.807, 2.05) is 6.07 Å². The Morgan fingerprint density at radius 1 is 1.39 bits per heavy atom. The van der Waals surface area contributed by atoms with Crippen LogP contribution in [0.25, 0.3) is 0 Å². The lowest BCUT2D eigenvalue weighted by molar-refractivity contribution is 0.111. The van der Waals surface area contributed by atoms with Gasteiger partial charge in [-0.2, -0.15) is 0 Å². The molecule has 1 aromatic rings. The molecule has 0 aromatic heterocycles. The second-order valence-corrected chi connectivity index (χ2v) is 6.80. The third-order valence-electron chi connectivity index (χ3n) is 3.60. The van der Waals surface area contributed by atoms with Gasteiger partial charge in [-0.15, -0.1) is 0 Å². The number of hydrogen-bond donors (Lipinski definition) is 0. The molecule has 0 spiro atoms. The van der Waals surface area contributed by atoms with Gasteiger partial charge in [-0.05, 0) is 58.4 Å². The highest BCUT2D eigenvalue weighted by atomic mass is 79.9. The normalized spacial score (nSPS) is 19.8. The minimum absolute atomic E-state index is 0.460. The van der Waals surface area contributed by atoms with Crippen molar-refractivity contribution in [2.45, 2.75) is 33.2 Å². The van der Waals surface area contributed by atoms with E-state index in [9.17, 15) is 0 Å². The van der Waals surface area contributed by atoms with Crippen molar-refractivity contribution >= 4 is 15.9 Å². The molecule has 3 heteroatoms. The van der Waals surface area contributed by atoms with E-state index in [-0.39, 0.29) is 0 Å². The lowest BCUT2D eigenvalue weighted by atomic mass is 9.84. The van der Waals surface area contributed by atoms with Crippen LogP contribution in [0.5, 0.6) is 5.75 Å². The first-order chi connectivity index (χ1) is 8.50. The standard InChI is InChI=1S/C15H22BrNO/c1-15(2)7-4-8-17(11-15)10-12-5-6-14(18-3)13(16)9-12/h5-6,9H,4,7-8,10-11H2,1-3H3. The van der Waals surface area contributed by atoms with Gasteiger partial charge in [0.25, 0.3) is 0 Å². The van der Waals surface area contributed by atoms with Crippen LogP contribution in [0.1, 0.15) is 32.3 Å². The Hall–Kier alpha value is -0.540. The number of rotatable bonds is 3. The summed E-state index contributed by atoms with van der Waals surface area (Å²) >= 11 is 3.55. The molecular weight excluding hydrogens is 290 g/mol. The maximum Gasteiger partial charge on any atom is 0.133 e. The summed E-state index contributed by atoms with van der Waals surface area (Å²) in [5, 5.41) is 0. The molecule has 2 nitrogen and oxygen atoms in total. The van der Waals surface area contributed by atoms with Crippen LogP contribution in [0.3, 0.4) is 0 Å². The van der Waals surface area contributed by atoms with E-state index in [0.29, 0.717) is 5.41 Å². The van der Waals surface area contributed by atoms with E-state index >= 15 is 0 Å². The van der Waals surface area contributed by atoms with E-state index in [1.165, 1.54) is 31.5 Å². The fraction of sp³-hybridized carbons (Fsp3) is 0.600. The van der Waals surface area contributed by atoms with Gasteiger partial charge in [-0.25, -0.2) is 0 Å². The van der Waals surface area contributed by atoms with Crippen molar-refractivity contribution in [3.63, 3.8) is 0 Å². The highest BCUT2D eigenvalue weighted by Gasteiger charge is 2.26. The molecule has 0 aliphatic carbocycles. The van der Waals surface area contributed by atoms with E-state index < -0.39 is 0 Å². The zero-order valence-corrected chi connectivity index (χ0v) is 13.1. The van der Waals surface area contributed by atoms with Gasteiger partial charge in [0.15, 0.2) is 0 Å². The van der Waals surface area contributed by atoms with E-state index in [2.05, 4.69) is 46.8 Å². The van der Waals surface area contributed by atoms with Gasteiger partial charge in [-0.1, -0.05) is 19.9 Å². The molecule has 1 heterocycles. The highest BCUT2D eigenvalue weighted by Crippen LogP contribution is 2.30. The topological polar surface area (TPSA) is 12.5 Å². The zero-order valence-electron chi connectivity index (χ0n) is 11.5. The van der Waals surface area contributed by atoms with Gasteiger partial charge in [0, 0.05) is 13.1 Å². The molecule has 1 saturated heterocycles. The molecule has 0 bridgehead atoms. The number of methoxy groups -OCH3 is 1. The van der Waals surface area contributed by atoms with E-state index in [4.69, 9.17) is 4.74 Å². The molecule has 100 valence electrons. The van der Waals surface area contributed by atoms with Crippen molar-refractivity contribution in [2.24, 2.45) is 5.41 Å². The van der Waals surface area contributed by atoms with Crippen LogP contribution >= 0.6 is 15.9 Å². The van der Waals surface area contributed by atoms with Crippen molar-refractivity contribution in [3.05, 3.63) is 28.2 Å². The Morgan fingerprint density at radius 2 is 2.17 bits per heavy atom. The minimum Gasteiger partial charge on any atom is -0.496 e. The summed E-state index contributed by atoms with van der Waals surface area (Å²) in [5.41, 5.74) is 1.81. The van der Waals surface area contributed by atoms with Crippen LogP contribution in [0.2, 0.25) is 0 Å². The molecule has 18 heavy (non-hydrogen) atoms. The Labute approximate surface area is 118 Å². The second kappa shape index (κ2) is 5.62. The molecule has 0 radical (unpaired) electrons. The molecule has 1 aromatic carbocycles. The van der Waals surface area contributed by atoms with Crippen LogP contribution in [0.4, 0.5) is 0 Å².